The quantitative estimate of drug-likeness (QED) is 0.639. The summed E-state index contributed by atoms with van der Waals surface area (Å²) in [6.07, 6.45) is -2.21. The SMILES string of the molecule is CC[C@@H](C)NC(=O)Cn1cccc1-c1nc(-c2ccc(OC(F)(F)F)cc2)no1. The Balaban J connectivity index is 1.74. The maximum atomic E-state index is 12.3. The highest BCUT2D eigenvalue weighted by Crippen LogP contribution is 2.27. The van der Waals surface area contributed by atoms with Crippen LogP contribution in [-0.4, -0.2) is 33.0 Å². The number of nitrogens with one attached hydrogen (secondary N) is 1. The summed E-state index contributed by atoms with van der Waals surface area (Å²) >= 11 is 0. The van der Waals surface area contributed by atoms with Gasteiger partial charge in [0.25, 0.3) is 5.89 Å². The van der Waals surface area contributed by atoms with Gasteiger partial charge in [-0.05, 0) is 49.7 Å². The highest BCUT2D eigenvalue weighted by Gasteiger charge is 2.31. The second-order valence-corrected chi connectivity index (χ2v) is 6.39. The van der Waals surface area contributed by atoms with Crippen molar-refractivity contribution in [3.63, 3.8) is 0 Å². The number of amides is 1. The van der Waals surface area contributed by atoms with E-state index in [0.717, 1.165) is 6.42 Å². The van der Waals surface area contributed by atoms with Gasteiger partial charge in [0.05, 0.1) is 0 Å². The molecule has 0 bridgehead atoms. The van der Waals surface area contributed by atoms with Crippen molar-refractivity contribution in [2.75, 3.05) is 0 Å². The van der Waals surface area contributed by atoms with E-state index in [1.807, 2.05) is 13.8 Å². The minimum Gasteiger partial charge on any atom is -0.406 e. The standard InChI is InChI=1S/C19H19F3N4O3/c1-3-12(2)23-16(27)11-26-10-4-5-15(26)18-24-17(25-29-18)13-6-8-14(9-7-13)28-19(20,21)22/h4-10,12H,3,11H2,1-2H3,(H,23,27)/t12-/m1/s1. The van der Waals surface area contributed by atoms with Gasteiger partial charge in [0.1, 0.15) is 18.0 Å². The number of carbonyl (C=O) groups is 1. The van der Waals surface area contributed by atoms with Crippen LogP contribution in [0, 0.1) is 0 Å². The first-order chi connectivity index (χ1) is 13.7. The van der Waals surface area contributed by atoms with Gasteiger partial charge < -0.3 is 19.1 Å². The fourth-order valence-electron chi connectivity index (χ4n) is 2.57. The van der Waals surface area contributed by atoms with Crippen molar-refractivity contribution in [3.8, 4) is 28.7 Å². The molecule has 0 saturated carbocycles. The molecule has 1 N–H and O–H groups in total. The summed E-state index contributed by atoms with van der Waals surface area (Å²) in [6, 6.07) is 8.68. The molecule has 0 spiro atoms. The number of rotatable bonds is 7. The van der Waals surface area contributed by atoms with E-state index in [0.29, 0.717) is 11.3 Å². The van der Waals surface area contributed by atoms with Crippen molar-refractivity contribution < 1.29 is 27.2 Å². The molecule has 0 radical (unpaired) electrons. The summed E-state index contributed by atoms with van der Waals surface area (Å²) in [5.74, 6) is -0.0877. The third-order valence-corrected chi connectivity index (χ3v) is 4.15. The Morgan fingerprint density at radius 1 is 1.28 bits per heavy atom. The van der Waals surface area contributed by atoms with Gasteiger partial charge in [-0.3, -0.25) is 4.79 Å². The maximum Gasteiger partial charge on any atom is 0.573 e. The first-order valence-corrected chi connectivity index (χ1v) is 8.90. The first-order valence-electron chi connectivity index (χ1n) is 8.90. The smallest absolute Gasteiger partial charge is 0.406 e. The molecule has 2 heterocycles. The predicted octanol–water partition coefficient (Wildman–Crippen LogP) is 4.02. The second-order valence-electron chi connectivity index (χ2n) is 6.39. The minimum atomic E-state index is -4.76. The van der Waals surface area contributed by atoms with Gasteiger partial charge in [-0.25, -0.2) is 0 Å². The number of benzene rings is 1. The average molecular weight is 408 g/mol. The Hall–Kier alpha value is -3.30. The van der Waals surface area contributed by atoms with Crippen molar-refractivity contribution in [1.82, 2.24) is 20.0 Å². The molecule has 0 unspecified atom stereocenters. The van der Waals surface area contributed by atoms with Crippen molar-refractivity contribution in [2.45, 2.75) is 39.2 Å². The van der Waals surface area contributed by atoms with Crippen LogP contribution in [0.15, 0.2) is 47.1 Å². The van der Waals surface area contributed by atoms with Crippen LogP contribution < -0.4 is 10.1 Å². The van der Waals surface area contributed by atoms with E-state index >= 15 is 0 Å². The molecule has 0 aliphatic rings. The Kier molecular flexibility index (Phi) is 5.90. The van der Waals surface area contributed by atoms with Gasteiger partial charge in [0, 0.05) is 17.8 Å². The average Bonchev–Trinajstić information content (AvgIpc) is 3.30. The Bertz CT molecular complexity index is 964. The highest BCUT2D eigenvalue weighted by molar-refractivity contribution is 5.76. The molecule has 0 aliphatic carbocycles. The Morgan fingerprint density at radius 3 is 2.66 bits per heavy atom. The molecule has 29 heavy (non-hydrogen) atoms. The second kappa shape index (κ2) is 8.38. The van der Waals surface area contributed by atoms with Crippen LogP contribution in [0.5, 0.6) is 5.75 Å². The lowest BCUT2D eigenvalue weighted by molar-refractivity contribution is -0.274. The van der Waals surface area contributed by atoms with E-state index in [9.17, 15) is 18.0 Å². The van der Waals surface area contributed by atoms with Crippen LogP contribution >= 0.6 is 0 Å². The molecule has 154 valence electrons. The monoisotopic (exact) mass is 408 g/mol. The van der Waals surface area contributed by atoms with Gasteiger partial charge in [0.2, 0.25) is 11.7 Å². The number of aromatic nitrogens is 3. The molecule has 3 aromatic rings. The fourth-order valence-corrected chi connectivity index (χ4v) is 2.57. The van der Waals surface area contributed by atoms with Crippen LogP contribution in [0.3, 0.4) is 0 Å². The molecule has 0 fully saturated rings. The third-order valence-electron chi connectivity index (χ3n) is 4.15. The number of carbonyl (C=O) groups excluding carboxylic acids is 1. The zero-order chi connectivity index (χ0) is 21.0. The minimum absolute atomic E-state index is 0.0702. The first kappa shape index (κ1) is 20.4. The summed E-state index contributed by atoms with van der Waals surface area (Å²) in [4.78, 5) is 16.4. The number of alkyl halides is 3. The van der Waals surface area contributed by atoms with Crippen molar-refractivity contribution in [1.29, 1.82) is 0 Å². The molecule has 7 nitrogen and oxygen atoms in total. The molecule has 2 aromatic heterocycles. The Morgan fingerprint density at radius 2 is 2.00 bits per heavy atom. The summed E-state index contributed by atoms with van der Waals surface area (Å²) in [6.45, 7) is 3.99. The fraction of sp³-hybridized carbons (Fsp3) is 0.316. The van der Waals surface area contributed by atoms with Crippen LogP contribution in [0.2, 0.25) is 0 Å². The van der Waals surface area contributed by atoms with Crippen LogP contribution in [0.25, 0.3) is 23.0 Å². The van der Waals surface area contributed by atoms with Gasteiger partial charge >= 0.3 is 6.36 Å². The van der Waals surface area contributed by atoms with Gasteiger partial charge in [-0.15, -0.1) is 13.2 Å². The summed E-state index contributed by atoms with van der Waals surface area (Å²) in [5.41, 5.74) is 1.02. The number of hydrogen-bond acceptors (Lipinski definition) is 5. The molecule has 1 atom stereocenters. The molecule has 10 heteroatoms. The molecule has 3 rings (SSSR count). The zero-order valence-electron chi connectivity index (χ0n) is 15.7. The predicted molar refractivity (Wildman–Crippen MR) is 97.7 cm³/mol. The van der Waals surface area contributed by atoms with Crippen LogP contribution in [0.1, 0.15) is 20.3 Å². The summed E-state index contributed by atoms with van der Waals surface area (Å²) < 4.78 is 47.5. The van der Waals surface area contributed by atoms with Crippen LogP contribution in [-0.2, 0) is 11.3 Å². The number of nitrogens with zero attached hydrogens (tertiary/aromatic N) is 3. The van der Waals surface area contributed by atoms with Gasteiger partial charge in [-0.1, -0.05) is 12.1 Å². The highest BCUT2D eigenvalue weighted by atomic mass is 19.4. The number of hydrogen-bond donors (Lipinski definition) is 1. The van der Waals surface area contributed by atoms with Crippen molar-refractivity contribution in [3.05, 3.63) is 42.6 Å². The van der Waals surface area contributed by atoms with E-state index in [1.165, 1.54) is 24.3 Å². The molecule has 1 amide bonds. The Labute approximate surface area is 164 Å². The molecule has 0 aliphatic heterocycles. The molecular weight excluding hydrogens is 389 g/mol. The largest absolute Gasteiger partial charge is 0.573 e. The molecular formula is C19H19F3N4O3. The topological polar surface area (TPSA) is 82.2 Å². The molecule has 1 aromatic carbocycles. The third kappa shape index (κ3) is 5.37. The van der Waals surface area contributed by atoms with E-state index in [1.54, 1.807) is 22.9 Å². The lowest BCUT2D eigenvalue weighted by Gasteiger charge is -2.12. The summed E-state index contributed by atoms with van der Waals surface area (Å²) in [7, 11) is 0. The van der Waals surface area contributed by atoms with E-state index in [4.69, 9.17) is 4.52 Å². The van der Waals surface area contributed by atoms with E-state index in [2.05, 4.69) is 20.2 Å². The normalized spacial score (nSPS) is 12.6. The maximum absolute atomic E-state index is 12.3. The van der Waals surface area contributed by atoms with Crippen molar-refractivity contribution in [2.24, 2.45) is 0 Å². The van der Waals surface area contributed by atoms with E-state index in [-0.39, 0.29) is 36.0 Å². The van der Waals surface area contributed by atoms with E-state index < -0.39 is 6.36 Å². The molecule has 0 saturated heterocycles. The lowest BCUT2D eigenvalue weighted by atomic mass is 10.2. The van der Waals surface area contributed by atoms with Crippen molar-refractivity contribution >= 4 is 5.91 Å². The summed E-state index contributed by atoms with van der Waals surface area (Å²) in [5, 5.41) is 6.75. The lowest BCUT2D eigenvalue weighted by Crippen LogP contribution is -2.34. The number of halogens is 3. The van der Waals surface area contributed by atoms with Crippen LogP contribution in [0.4, 0.5) is 13.2 Å². The number of ether oxygens (including phenoxy) is 1. The van der Waals surface area contributed by atoms with Gasteiger partial charge in [0.15, 0.2) is 0 Å². The zero-order valence-corrected chi connectivity index (χ0v) is 15.7. The van der Waals surface area contributed by atoms with Gasteiger partial charge in [-0.2, -0.15) is 4.98 Å².